The normalized spacial score (nSPS) is 19.2. The highest BCUT2D eigenvalue weighted by atomic mass is 16.5. The molecule has 7 heteroatoms. The summed E-state index contributed by atoms with van der Waals surface area (Å²) in [4.78, 5) is 35.4. The molecule has 0 bridgehead atoms. The van der Waals surface area contributed by atoms with E-state index in [4.69, 9.17) is 4.74 Å². The second-order valence-corrected chi connectivity index (χ2v) is 8.86. The molecule has 33 heavy (non-hydrogen) atoms. The number of fused-ring (bicyclic) bond motifs is 1. The summed E-state index contributed by atoms with van der Waals surface area (Å²) >= 11 is 0. The third-order valence-corrected chi connectivity index (χ3v) is 6.83. The second kappa shape index (κ2) is 9.27. The molecule has 0 saturated carbocycles. The molecule has 3 heterocycles. The first-order chi connectivity index (χ1) is 16.1. The third-order valence-electron chi connectivity index (χ3n) is 6.83. The van der Waals surface area contributed by atoms with E-state index >= 15 is 0 Å². The molecule has 1 N–H and O–H groups in total. The summed E-state index contributed by atoms with van der Waals surface area (Å²) in [5.41, 5.74) is 2.73. The standard InChI is InChI=1S/C26H30N4O3/c1-33-21-8-4-7-20(16-21)24-10-5-11-30(24)25(31)18-28-12-14-29(15-13-28)26(32)23-17-19-6-2-3-9-22(19)27-23/h2-4,6-9,16-17,24,27H,5,10-15,18H2,1H3. The van der Waals surface area contributed by atoms with Gasteiger partial charge in [0.1, 0.15) is 11.4 Å². The Kier molecular flexibility index (Phi) is 6.05. The predicted octanol–water partition coefficient (Wildman–Crippen LogP) is 3.30. The first-order valence-electron chi connectivity index (χ1n) is 11.6. The quantitative estimate of drug-likeness (QED) is 0.653. The van der Waals surface area contributed by atoms with Crippen LogP contribution in [0.5, 0.6) is 5.75 Å². The van der Waals surface area contributed by atoms with Crippen molar-refractivity contribution in [3.8, 4) is 5.75 Å². The van der Waals surface area contributed by atoms with Crippen LogP contribution >= 0.6 is 0 Å². The topological polar surface area (TPSA) is 68.9 Å². The number of rotatable bonds is 5. The zero-order valence-electron chi connectivity index (χ0n) is 19.0. The molecule has 2 aliphatic rings. The zero-order chi connectivity index (χ0) is 22.8. The van der Waals surface area contributed by atoms with Crippen molar-refractivity contribution in [2.75, 3.05) is 46.4 Å². The zero-order valence-corrected chi connectivity index (χ0v) is 19.0. The summed E-state index contributed by atoms with van der Waals surface area (Å²) in [7, 11) is 1.67. The monoisotopic (exact) mass is 446 g/mol. The second-order valence-electron chi connectivity index (χ2n) is 8.86. The number of amides is 2. The molecule has 1 unspecified atom stereocenters. The van der Waals surface area contributed by atoms with E-state index in [-0.39, 0.29) is 17.9 Å². The minimum Gasteiger partial charge on any atom is -0.497 e. The molecule has 7 nitrogen and oxygen atoms in total. The molecular weight excluding hydrogens is 416 g/mol. The van der Waals surface area contributed by atoms with Crippen molar-refractivity contribution in [1.29, 1.82) is 0 Å². The van der Waals surface area contributed by atoms with Gasteiger partial charge >= 0.3 is 0 Å². The van der Waals surface area contributed by atoms with Crippen molar-refractivity contribution >= 4 is 22.7 Å². The SMILES string of the molecule is COc1cccc(C2CCCN2C(=O)CN2CCN(C(=O)c3cc4ccccc4[nH]3)CC2)c1. The summed E-state index contributed by atoms with van der Waals surface area (Å²) in [6.07, 6.45) is 1.99. The van der Waals surface area contributed by atoms with Crippen LogP contribution in [0.15, 0.2) is 54.6 Å². The van der Waals surface area contributed by atoms with Crippen molar-refractivity contribution in [2.45, 2.75) is 18.9 Å². The molecular formula is C26H30N4O3. The molecule has 2 saturated heterocycles. The van der Waals surface area contributed by atoms with E-state index in [0.29, 0.717) is 38.4 Å². The molecule has 0 radical (unpaired) electrons. The Morgan fingerprint density at radius 2 is 1.82 bits per heavy atom. The summed E-state index contributed by atoms with van der Waals surface area (Å²) in [5, 5.41) is 1.04. The number of aromatic nitrogens is 1. The molecule has 3 aromatic rings. The van der Waals surface area contributed by atoms with E-state index < -0.39 is 0 Å². The maximum atomic E-state index is 13.2. The fourth-order valence-electron chi connectivity index (χ4n) is 5.01. The smallest absolute Gasteiger partial charge is 0.270 e. The summed E-state index contributed by atoms with van der Waals surface area (Å²) in [6.45, 7) is 3.85. The number of methoxy groups -OCH3 is 1. The first-order valence-corrected chi connectivity index (χ1v) is 11.6. The fraction of sp³-hybridized carbons (Fsp3) is 0.385. The number of H-pyrrole nitrogens is 1. The van der Waals surface area contributed by atoms with Gasteiger partial charge in [-0.2, -0.15) is 0 Å². The Morgan fingerprint density at radius 3 is 2.61 bits per heavy atom. The lowest BCUT2D eigenvalue weighted by atomic mass is 10.0. The van der Waals surface area contributed by atoms with Crippen LogP contribution in [-0.4, -0.2) is 77.9 Å². The number of likely N-dealkylation sites (tertiary alicyclic amines) is 1. The number of nitrogens with zero attached hydrogens (tertiary/aromatic N) is 3. The van der Waals surface area contributed by atoms with E-state index in [1.807, 2.05) is 58.3 Å². The maximum Gasteiger partial charge on any atom is 0.270 e. The fourth-order valence-corrected chi connectivity index (χ4v) is 5.01. The maximum absolute atomic E-state index is 13.2. The number of benzene rings is 2. The van der Waals surface area contributed by atoms with E-state index in [9.17, 15) is 9.59 Å². The van der Waals surface area contributed by atoms with Crippen molar-refractivity contribution in [3.63, 3.8) is 0 Å². The minimum absolute atomic E-state index is 0.0230. The lowest BCUT2D eigenvalue weighted by molar-refractivity contribution is -0.133. The number of para-hydroxylation sites is 1. The molecule has 2 amide bonds. The van der Waals surface area contributed by atoms with Crippen LogP contribution in [0.25, 0.3) is 10.9 Å². The van der Waals surface area contributed by atoms with Gasteiger partial charge in [-0.25, -0.2) is 0 Å². The van der Waals surface area contributed by atoms with Gasteiger partial charge in [0, 0.05) is 43.6 Å². The lowest BCUT2D eigenvalue weighted by Gasteiger charge is -2.35. The molecule has 172 valence electrons. The van der Waals surface area contributed by atoms with Gasteiger partial charge in [0.05, 0.1) is 19.7 Å². The van der Waals surface area contributed by atoms with Crippen molar-refractivity contribution < 1.29 is 14.3 Å². The van der Waals surface area contributed by atoms with Gasteiger partial charge in [-0.3, -0.25) is 14.5 Å². The summed E-state index contributed by atoms with van der Waals surface area (Å²) in [5.74, 6) is 1.01. The highest BCUT2D eigenvalue weighted by molar-refractivity contribution is 5.98. The number of carbonyl (C=O) groups is 2. The van der Waals surface area contributed by atoms with Gasteiger partial charge in [-0.05, 0) is 42.7 Å². The Morgan fingerprint density at radius 1 is 1.00 bits per heavy atom. The van der Waals surface area contributed by atoms with Crippen LogP contribution < -0.4 is 4.74 Å². The lowest BCUT2D eigenvalue weighted by Crippen LogP contribution is -2.51. The predicted molar refractivity (Wildman–Crippen MR) is 127 cm³/mol. The van der Waals surface area contributed by atoms with Crippen LogP contribution in [0.3, 0.4) is 0 Å². The number of piperazine rings is 1. The van der Waals surface area contributed by atoms with Crippen molar-refractivity contribution in [1.82, 2.24) is 19.7 Å². The van der Waals surface area contributed by atoms with E-state index in [1.54, 1.807) is 7.11 Å². The van der Waals surface area contributed by atoms with Crippen molar-refractivity contribution in [2.24, 2.45) is 0 Å². The van der Waals surface area contributed by atoms with Crippen LogP contribution in [0, 0.1) is 0 Å². The molecule has 1 atom stereocenters. The third kappa shape index (κ3) is 4.46. The van der Waals surface area contributed by atoms with Gasteiger partial charge in [0.15, 0.2) is 0 Å². The number of nitrogens with one attached hydrogen (secondary N) is 1. The van der Waals surface area contributed by atoms with Gasteiger partial charge in [0.25, 0.3) is 5.91 Å². The van der Waals surface area contributed by atoms with Gasteiger partial charge in [-0.15, -0.1) is 0 Å². The van der Waals surface area contributed by atoms with Gasteiger partial charge in [0.2, 0.25) is 5.91 Å². The Balaban J connectivity index is 1.17. The molecule has 2 aliphatic heterocycles. The number of carbonyl (C=O) groups excluding carboxylic acids is 2. The van der Waals surface area contributed by atoms with Crippen LogP contribution in [0.1, 0.15) is 34.9 Å². The van der Waals surface area contributed by atoms with Crippen molar-refractivity contribution in [3.05, 3.63) is 65.9 Å². The van der Waals surface area contributed by atoms with Crippen LogP contribution in [-0.2, 0) is 4.79 Å². The number of ether oxygens (including phenoxy) is 1. The molecule has 1 aromatic heterocycles. The highest BCUT2D eigenvalue weighted by Gasteiger charge is 2.32. The summed E-state index contributed by atoms with van der Waals surface area (Å²) < 4.78 is 5.36. The average molecular weight is 447 g/mol. The summed E-state index contributed by atoms with van der Waals surface area (Å²) in [6, 6.07) is 18.0. The Hall–Kier alpha value is -3.32. The number of hydrogen-bond donors (Lipinski definition) is 1. The minimum atomic E-state index is 0.0230. The van der Waals surface area contributed by atoms with E-state index in [1.165, 1.54) is 0 Å². The number of hydrogen-bond acceptors (Lipinski definition) is 4. The molecule has 0 spiro atoms. The largest absolute Gasteiger partial charge is 0.497 e. The average Bonchev–Trinajstić information content (AvgIpc) is 3.52. The molecule has 0 aliphatic carbocycles. The Bertz CT molecular complexity index is 1120. The van der Waals surface area contributed by atoms with Crippen LogP contribution in [0.4, 0.5) is 0 Å². The number of aromatic amines is 1. The van der Waals surface area contributed by atoms with Gasteiger partial charge < -0.3 is 19.5 Å². The highest BCUT2D eigenvalue weighted by Crippen LogP contribution is 2.33. The van der Waals surface area contributed by atoms with Gasteiger partial charge in [-0.1, -0.05) is 30.3 Å². The first kappa shape index (κ1) is 21.5. The van der Waals surface area contributed by atoms with Crippen LogP contribution in [0.2, 0.25) is 0 Å². The molecule has 2 fully saturated rings. The Labute approximate surface area is 193 Å². The van der Waals surface area contributed by atoms with E-state index in [2.05, 4.69) is 16.0 Å². The molecule has 2 aromatic carbocycles. The molecule has 5 rings (SSSR count). The van der Waals surface area contributed by atoms with E-state index in [0.717, 1.165) is 41.6 Å².